The van der Waals surface area contributed by atoms with Gasteiger partial charge in [0, 0.05) is 38.3 Å². The number of rotatable bonds is 3. The van der Waals surface area contributed by atoms with Crippen LogP contribution < -0.4 is 10.6 Å². The second kappa shape index (κ2) is 7.38. The Balaban J connectivity index is 1.69. The third kappa shape index (κ3) is 3.64. The van der Waals surface area contributed by atoms with Gasteiger partial charge in [-0.1, -0.05) is 11.6 Å². The van der Waals surface area contributed by atoms with E-state index in [4.69, 9.17) is 17.3 Å². The molecular formula is C17H23ClN4O2. The number of piperidine rings is 2. The number of likely N-dealkylation sites (tertiary alicyclic amines) is 1. The maximum Gasteiger partial charge on any atom is 0.255 e. The van der Waals surface area contributed by atoms with Crippen LogP contribution in [0.25, 0.3) is 0 Å². The molecule has 24 heavy (non-hydrogen) atoms. The van der Waals surface area contributed by atoms with E-state index in [0.717, 1.165) is 25.9 Å². The van der Waals surface area contributed by atoms with Crippen molar-refractivity contribution < 1.29 is 9.59 Å². The van der Waals surface area contributed by atoms with E-state index < -0.39 is 0 Å². The third-order valence-corrected chi connectivity index (χ3v) is 5.19. The van der Waals surface area contributed by atoms with Gasteiger partial charge >= 0.3 is 0 Å². The van der Waals surface area contributed by atoms with Crippen LogP contribution in [-0.4, -0.2) is 47.9 Å². The Morgan fingerprint density at radius 1 is 1.12 bits per heavy atom. The standard InChI is InChI=1S/C17H23ClN4O2/c18-14-10-13(17(24)22-6-2-1-3-7-22)11-20-16(14)21-8-4-12(5-9-21)15(19)23/h10-12H,1-9H2,(H2,19,23). The zero-order valence-corrected chi connectivity index (χ0v) is 14.5. The number of carbonyl (C=O) groups excluding carboxylic acids is 2. The Labute approximate surface area is 147 Å². The van der Waals surface area contributed by atoms with Crippen LogP contribution in [0.4, 0.5) is 5.82 Å². The first-order valence-corrected chi connectivity index (χ1v) is 8.93. The average molecular weight is 351 g/mol. The van der Waals surface area contributed by atoms with Crippen LogP contribution in [0.5, 0.6) is 0 Å². The predicted molar refractivity (Wildman–Crippen MR) is 93.1 cm³/mol. The Bertz CT molecular complexity index is 623. The van der Waals surface area contributed by atoms with Gasteiger partial charge in [0.1, 0.15) is 5.82 Å². The van der Waals surface area contributed by atoms with E-state index in [2.05, 4.69) is 9.88 Å². The second-order valence-electron chi connectivity index (χ2n) is 6.55. The van der Waals surface area contributed by atoms with Crippen LogP contribution in [0.2, 0.25) is 5.02 Å². The summed E-state index contributed by atoms with van der Waals surface area (Å²) in [5, 5.41) is 0.482. The first-order chi connectivity index (χ1) is 11.6. The summed E-state index contributed by atoms with van der Waals surface area (Å²) in [4.78, 5) is 32.1. The number of nitrogens with two attached hydrogens (primary N) is 1. The largest absolute Gasteiger partial charge is 0.369 e. The lowest BCUT2D eigenvalue weighted by molar-refractivity contribution is -0.122. The van der Waals surface area contributed by atoms with Crippen LogP contribution in [0.3, 0.4) is 0 Å². The Kier molecular flexibility index (Phi) is 5.23. The molecule has 2 amide bonds. The number of primary amides is 1. The maximum atomic E-state index is 12.5. The number of nitrogens with zero attached hydrogens (tertiary/aromatic N) is 3. The first-order valence-electron chi connectivity index (χ1n) is 8.55. The molecule has 0 atom stereocenters. The van der Waals surface area contributed by atoms with Crippen LogP contribution >= 0.6 is 11.6 Å². The molecule has 1 aromatic heterocycles. The molecule has 2 N–H and O–H groups in total. The average Bonchev–Trinajstić information content (AvgIpc) is 2.62. The van der Waals surface area contributed by atoms with Gasteiger partial charge in [0.2, 0.25) is 5.91 Å². The number of amides is 2. The van der Waals surface area contributed by atoms with Gasteiger partial charge in [0.15, 0.2) is 0 Å². The molecule has 2 aliphatic rings. The molecule has 130 valence electrons. The number of halogens is 1. The van der Waals surface area contributed by atoms with Gasteiger partial charge in [-0.05, 0) is 38.2 Å². The zero-order chi connectivity index (χ0) is 17.1. The quantitative estimate of drug-likeness (QED) is 0.904. The third-order valence-electron chi connectivity index (χ3n) is 4.91. The lowest BCUT2D eigenvalue weighted by Gasteiger charge is -2.32. The molecule has 0 radical (unpaired) electrons. The lowest BCUT2D eigenvalue weighted by atomic mass is 9.96. The molecule has 0 aromatic carbocycles. The Hall–Kier alpha value is -1.82. The Morgan fingerprint density at radius 3 is 2.38 bits per heavy atom. The van der Waals surface area contributed by atoms with Crippen molar-refractivity contribution in [3.05, 3.63) is 22.8 Å². The molecule has 0 bridgehead atoms. The fourth-order valence-electron chi connectivity index (χ4n) is 3.44. The zero-order valence-electron chi connectivity index (χ0n) is 13.7. The Morgan fingerprint density at radius 2 is 1.79 bits per heavy atom. The van der Waals surface area contributed by atoms with Crippen LogP contribution in [-0.2, 0) is 4.79 Å². The monoisotopic (exact) mass is 350 g/mol. The summed E-state index contributed by atoms with van der Waals surface area (Å²) >= 11 is 6.38. The van der Waals surface area contributed by atoms with Gasteiger partial charge in [0.25, 0.3) is 5.91 Å². The fraction of sp³-hybridized carbons (Fsp3) is 0.588. The number of carbonyl (C=O) groups is 2. The summed E-state index contributed by atoms with van der Waals surface area (Å²) in [6.45, 7) is 3.00. The van der Waals surface area contributed by atoms with Gasteiger partial charge < -0.3 is 15.5 Å². The summed E-state index contributed by atoms with van der Waals surface area (Å²) in [7, 11) is 0. The molecule has 2 saturated heterocycles. The number of hydrogen-bond acceptors (Lipinski definition) is 4. The van der Waals surface area contributed by atoms with Crippen molar-refractivity contribution in [3.63, 3.8) is 0 Å². The molecule has 0 aliphatic carbocycles. The van der Waals surface area contributed by atoms with Gasteiger partial charge in [-0.3, -0.25) is 9.59 Å². The highest BCUT2D eigenvalue weighted by Crippen LogP contribution is 2.29. The van der Waals surface area contributed by atoms with E-state index in [9.17, 15) is 9.59 Å². The molecule has 2 aliphatic heterocycles. The van der Waals surface area contributed by atoms with Crippen molar-refractivity contribution in [1.82, 2.24) is 9.88 Å². The van der Waals surface area contributed by atoms with Crippen molar-refractivity contribution in [1.29, 1.82) is 0 Å². The number of hydrogen-bond donors (Lipinski definition) is 1. The van der Waals surface area contributed by atoms with E-state index in [1.807, 2.05) is 4.90 Å². The molecule has 1 aromatic rings. The van der Waals surface area contributed by atoms with Gasteiger partial charge in [0.05, 0.1) is 10.6 Å². The van der Waals surface area contributed by atoms with E-state index in [0.29, 0.717) is 42.3 Å². The van der Waals surface area contributed by atoms with Crippen LogP contribution in [0.15, 0.2) is 12.3 Å². The van der Waals surface area contributed by atoms with Crippen molar-refractivity contribution in [2.24, 2.45) is 11.7 Å². The predicted octanol–water partition coefficient (Wildman–Crippen LogP) is 2.06. The smallest absolute Gasteiger partial charge is 0.255 e. The molecule has 0 spiro atoms. The normalized spacial score (nSPS) is 19.4. The molecule has 0 unspecified atom stereocenters. The van der Waals surface area contributed by atoms with E-state index in [-0.39, 0.29) is 17.7 Å². The summed E-state index contributed by atoms with van der Waals surface area (Å²) in [5.41, 5.74) is 5.90. The van der Waals surface area contributed by atoms with Crippen LogP contribution in [0, 0.1) is 5.92 Å². The molecular weight excluding hydrogens is 328 g/mol. The molecule has 0 saturated carbocycles. The highest BCUT2D eigenvalue weighted by atomic mass is 35.5. The molecule has 2 fully saturated rings. The first kappa shape index (κ1) is 17.0. The summed E-state index contributed by atoms with van der Waals surface area (Å²) < 4.78 is 0. The SMILES string of the molecule is NC(=O)C1CCN(c2ncc(C(=O)N3CCCCC3)cc2Cl)CC1. The van der Waals surface area contributed by atoms with Crippen molar-refractivity contribution in [2.75, 3.05) is 31.1 Å². The summed E-state index contributed by atoms with van der Waals surface area (Å²) in [6, 6.07) is 1.71. The molecule has 3 rings (SSSR count). The topological polar surface area (TPSA) is 79.5 Å². The minimum atomic E-state index is -0.240. The number of pyridine rings is 1. The van der Waals surface area contributed by atoms with E-state index in [1.165, 1.54) is 6.42 Å². The van der Waals surface area contributed by atoms with Crippen molar-refractivity contribution in [3.8, 4) is 0 Å². The lowest BCUT2D eigenvalue weighted by Crippen LogP contribution is -2.39. The van der Waals surface area contributed by atoms with E-state index in [1.54, 1.807) is 12.3 Å². The summed E-state index contributed by atoms with van der Waals surface area (Å²) in [6.07, 6.45) is 6.32. The molecule has 6 nitrogen and oxygen atoms in total. The maximum absolute atomic E-state index is 12.5. The van der Waals surface area contributed by atoms with Crippen molar-refractivity contribution >= 4 is 29.2 Å². The highest BCUT2D eigenvalue weighted by Gasteiger charge is 2.26. The van der Waals surface area contributed by atoms with Gasteiger partial charge in [-0.15, -0.1) is 0 Å². The highest BCUT2D eigenvalue weighted by molar-refractivity contribution is 6.33. The van der Waals surface area contributed by atoms with Gasteiger partial charge in [-0.2, -0.15) is 0 Å². The van der Waals surface area contributed by atoms with Crippen LogP contribution in [0.1, 0.15) is 42.5 Å². The fourth-order valence-corrected chi connectivity index (χ4v) is 3.72. The van der Waals surface area contributed by atoms with Gasteiger partial charge in [-0.25, -0.2) is 4.98 Å². The minimum absolute atomic E-state index is 0.00286. The summed E-state index contributed by atoms with van der Waals surface area (Å²) in [5.74, 6) is 0.369. The number of anilines is 1. The van der Waals surface area contributed by atoms with Crippen molar-refractivity contribution in [2.45, 2.75) is 32.1 Å². The minimum Gasteiger partial charge on any atom is -0.369 e. The van der Waals surface area contributed by atoms with E-state index >= 15 is 0 Å². The second-order valence-corrected chi connectivity index (χ2v) is 6.95. The molecule has 7 heteroatoms. The number of aromatic nitrogens is 1. The molecule has 3 heterocycles.